The van der Waals surface area contributed by atoms with Gasteiger partial charge in [0, 0.05) is 27.4 Å². The highest BCUT2D eigenvalue weighted by atomic mass is 79.9. The van der Waals surface area contributed by atoms with Crippen molar-refractivity contribution in [3.05, 3.63) is 45.1 Å². The third-order valence-electron chi connectivity index (χ3n) is 2.77. The van der Waals surface area contributed by atoms with E-state index in [4.69, 9.17) is 0 Å². The molecule has 8 heteroatoms. The van der Waals surface area contributed by atoms with E-state index < -0.39 is 10.0 Å². The van der Waals surface area contributed by atoms with Crippen LogP contribution >= 0.6 is 31.9 Å². The van der Waals surface area contributed by atoms with E-state index in [9.17, 15) is 8.42 Å². The van der Waals surface area contributed by atoms with Gasteiger partial charge in [0.2, 0.25) is 0 Å². The minimum absolute atomic E-state index is 0.213. The van der Waals surface area contributed by atoms with Crippen LogP contribution in [0.1, 0.15) is 12.6 Å². The van der Waals surface area contributed by atoms with Gasteiger partial charge in [0.1, 0.15) is 4.90 Å². The molecule has 0 saturated carbocycles. The molecule has 114 valence electrons. The molecule has 0 atom stereocenters. The summed E-state index contributed by atoms with van der Waals surface area (Å²) in [7, 11) is -3.61. The highest BCUT2D eigenvalue weighted by molar-refractivity contribution is 9.11. The molecule has 0 aliphatic rings. The number of sulfonamides is 1. The number of H-pyrrole nitrogens is 1. The third kappa shape index (κ3) is 4.32. The minimum Gasteiger partial charge on any atom is -0.363 e. The molecule has 0 spiro atoms. The zero-order valence-corrected chi connectivity index (χ0v) is 15.3. The van der Waals surface area contributed by atoms with Gasteiger partial charge in [-0.2, -0.15) is 0 Å². The van der Waals surface area contributed by atoms with Gasteiger partial charge in [0.15, 0.2) is 0 Å². The molecular weight excluding hydrogens is 422 g/mol. The average Bonchev–Trinajstić information content (AvgIpc) is 2.89. The van der Waals surface area contributed by atoms with Crippen molar-refractivity contribution in [2.45, 2.75) is 18.4 Å². The molecule has 1 aromatic carbocycles. The molecule has 3 N–H and O–H groups in total. The maximum absolute atomic E-state index is 12.3. The molecule has 0 unspecified atom stereocenters. The molecule has 0 aliphatic carbocycles. The monoisotopic (exact) mass is 435 g/mol. The van der Waals surface area contributed by atoms with Crippen molar-refractivity contribution < 1.29 is 8.42 Å². The van der Waals surface area contributed by atoms with Crippen LogP contribution in [0.4, 0.5) is 5.69 Å². The lowest BCUT2D eigenvalue weighted by molar-refractivity contribution is 0.601. The van der Waals surface area contributed by atoms with Crippen LogP contribution in [0.15, 0.2) is 44.3 Å². The summed E-state index contributed by atoms with van der Waals surface area (Å²) in [6, 6.07) is 6.87. The Morgan fingerprint density at radius 2 is 2.00 bits per heavy atom. The van der Waals surface area contributed by atoms with E-state index in [2.05, 4.69) is 46.9 Å². The van der Waals surface area contributed by atoms with Crippen LogP contribution in [0, 0.1) is 0 Å². The summed E-state index contributed by atoms with van der Waals surface area (Å²) in [4.78, 5) is 3.17. The fourth-order valence-corrected chi connectivity index (χ4v) is 4.09. The van der Waals surface area contributed by atoms with Crippen molar-refractivity contribution in [2.24, 2.45) is 0 Å². The Morgan fingerprint density at radius 3 is 2.67 bits per heavy atom. The first-order valence-electron chi connectivity index (χ1n) is 6.28. The Hall–Kier alpha value is -0.830. The van der Waals surface area contributed by atoms with Crippen molar-refractivity contribution in [3.8, 4) is 0 Å². The molecule has 0 amide bonds. The first kappa shape index (κ1) is 16.5. The quantitative estimate of drug-likeness (QED) is 0.649. The van der Waals surface area contributed by atoms with Gasteiger partial charge in [0.05, 0.1) is 5.69 Å². The summed E-state index contributed by atoms with van der Waals surface area (Å²) >= 11 is 6.67. The fraction of sp³-hybridized carbons (Fsp3) is 0.231. The molecule has 2 aromatic rings. The lowest BCUT2D eigenvalue weighted by Gasteiger charge is -2.08. The summed E-state index contributed by atoms with van der Waals surface area (Å²) in [6.07, 6.45) is 1.49. The van der Waals surface area contributed by atoms with E-state index >= 15 is 0 Å². The Bertz CT molecular complexity index is 729. The number of halogens is 2. The fourth-order valence-electron chi connectivity index (χ4n) is 1.71. The summed E-state index contributed by atoms with van der Waals surface area (Å²) in [5.74, 6) is 0. The van der Waals surface area contributed by atoms with Crippen LogP contribution in [-0.4, -0.2) is 19.9 Å². The Balaban J connectivity index is 2.19. The van der Waals surface area contributed by atoms with E-state index in [0.29, 0.717) is 16.7 Å². The first-order chi connectivity index (χ1) is 9.92. The maximum Gasteiger partial charge on any atom is 0.263 e. The molecular formula is C13H15Br2N3O2S. The average molecular weight is 437 g/mol. The van der Waals surface area contributed by atoms with Crippen LogP contribution in [-0.2, 0) is 16.6 Å². The number of nitrogens with one attached hydrogen (secondary N) is 3. The number of hydrogen-bond donors (Lipinski definition) is 3. The number of hydrogen-bond acceptors (Lipinski definition) is 3. The smallest absolute Gasteiger partial charge is 0.263 e. The summed E-state index contributed by atoms with van der Waals surface area (Å²) in [5.41, 5.74) is 1.32. The second-order valence-corrected chi connectivity index (χ2v) is 7.82. The number of benzene rings is 1. The van der Waals surface area contributed by atoms with Gasteiger partial charge in [0.25, 0.3) is 10.0 Å². The number of aromatic nitrogens is 1. The summed E-state index contributed by atoms with van der Waals surface area (Å²) in [6.45, 7) is 3.42. The van der Waals surface area contributed by atoms with Gasteiger partial charge in [-0.25, -0.2) is 8.42 Å². The highest BCUT2D eigenvalue weighted by Crippen LogP contribution is 2.28. The van der Waals surface area contributed by atoms with Crippen molar-refractivity contribution >= 4 is 47.6 Å². The van der Waals surface area contributed by atoms with Gasteiger partial charge in [-0.3, -0.25) is 4.72 Å². The van der Waals surface area contributed by atoms with Crippen LogP contribution in [0.5, 0.6) is 0 Å². The highest BCUT2D eigenvalue weighted by Gasteiger charge is 2.17. The first-order valence-corrected chi connectivity index (χ1v) is 9.35. The van der Waals surface area contributed by atoms with Gasteiger partial charge in [-0.15, -0.1) is 0 Å². The van der Waals surface area contributed by atoms with E-state index in [1.165, 1.54) is 6.20 Å². The van der Waals surface area contributed by atoms with Crippen LogP contribution in [0.25, 0.3) is 0 Å². The Labute approximate surface area is 140 Å². The predicted octanol–water partition coefficient (Wildman–Crippen LogP) is 3.45. The standard InChI is InChI=1S/C13H15Br2N3O2S/c1-2-16-7-10-6-11(8-17-10)21(19,20)18-13-4-3-9(14)5-12(13)15/h3-6,8,16-18H,2,7H2,1H3. The third-order valence-corrected chi connectivity index (χ3v) is 5.26. The van der Waals surface area contributed by atoms with E-state index in [1.54, 1.807) is 24.3 Å². The Morgan fingerprint density at radius 1 is 1.24 bits per heavy atom. The molecule has 0 radical (unpaired) electrons. The van der Waals surface area contributed by atoms with E-state index in [-0.39, 0.29) is 4.90 Å². The molecule has 1 heterocycles. The molecule has 5 nitrogen and oxygen atoms in total. The molecule has 21 heavy (non-hydrogen) atoms. The molecule has 1 aromatic heterocycles. The minimum atomic E-state index is -3.61. The van der Waals surface area contributed by atoms with Crippen molar-refractivity contribution in [3.63, 3.8) is 0 Å². The number of aromatic amines is 1. The summed E-state index contributed by atoms with van der Waals surface area (Å²) < 4.78 is 28.8. The molecule has 0 fully saturated rings. The number of anilines is 1. The largest absolute Gasteiger partial charge is 0.363 e. The van der Waals surface area contributed by atoms with Crippen molar-refractivity contribution in [1.29, 1.82) is 0 Å². The van der Waals surface area contributed by atoms with E-state index in [0.717, 1.165) is 16.7 Å². The topological polar surface area (TPSA) is 74.0 Å². The van der Waals surface area contributed by atoms with Crippen molar-refractivity contribution in [2.75, 3.05) is 11.3 Å². The second-order valence-electron chi connectivity index (χ2n) is 4.37. The molecule has 0 bridgehead atoms. The van der Waals surface area contributed by atoms with E-state index in [1.807, 2.05) is 6.92 Å². The SMILES string of the molecule is CCNCc1cc(S(=O)(=O)Nc2ccc(Br)cc2Br)c[nH]1. The van der Waals surface area contributed by atoms with Gasteiger partial charge >= 0.3 is 0 Å². The second kappa shape index (κ2) is 6.95. The molecule has 0 aliphatic heterocycles. The zero-order valence-electron chi connectivity index (χ0n) is 11.3. The maximum atomic E-state index is 12.3. The van der Waals surface area contributed by atoms with Gasteiger partial charge in [-0.1, -0.05) is 22.9 Å². The van der Waals surface area contributed by atoms with Crippen LogP contribution in [0.3, 0.4) is 0 Å². The Kier molecular flexibility index (Phi) is 5.48. The van der Waals surface area contributed by atoms with Gasteiger partial charge < -0.3 is 10.3 Å². The van der Waals surface area contributed by atoms with Gasteiger partial charge in [-0.05, 0) is 46.7 Å². The van der Waals surface area contributed by atoms with Crippen LogP contribution < -0.4 is 10.0 Å². The number of rotatable bonds is 6. The summed E-state index contributed by atoms with van der Waals surface area (Å²) in [5, 5.41) is 3.14. The predicted molar refractivity (Wildman–Crippen MR) is 90.8 cm³/mol. The molecule has 0 saturated heterocycles. The normalized spacial score (nSPS) is 11.6. The van der Waals surface area contributed by atoms with Crippen LogP contribution in [0.2, 0.25) is 0 Å². The lowest BCUT2D eigenvalue weighted by Crippen LogP contribution is -2.13. The lowest BCUT2D eigenvalue weighted by atomic mass is 10.3. The van der Waals surface area contributed by atoms with Crippen molar-refractivity contribution in [1.82, 2.24) is 10.3 Å². The molecule has 2 rings (SSSR count). The zero-order chi connectivity index (χ0) is 15.5.